The molecular weight excluding hydrogens is 1450 g/mol. The summed E-state index contributed by atoms with van der Waals surface area (Å²) in [7, 11) is 12.0. The maximum absolute atomic E-state index is 15.7. The Kier molecular flexibility index (Phi) is 30.6. The average molecular weight is 1560 g/mol. The minimum atomic E-state index is -5.18. The first-order chi connectivity index (χ1) is 50.8. The number of likely N-dealkylation sites (N-methyl/N-ethyl adjacent to an activating group) is 8. The fraction of sp³-hybridized carbons (Fsp3) is 0.610. The van der Waals surface area contributed by atoms with Crippen LogP contribution < -0.4 is 20.7 Å². The van der Waals surface area contributed by atoms with Gasteiger partial charge in [-0.15, -0.1) is 13.2 Å². The number of hydrogen-bond donors (Lipinski definition) is 3. The molecule has 3 N–H and O–H groups in total. The molecule has 0 aromatic heterocycles. The number of benzene rings is 3. The predicted molar refractivity (Wildman–Crippen MR) is 394 cm³/mol. The van der Waals surface area contributed by atoms with E-state index in [4.69, 9.17) is 11.6 Å². The Bertz CT molecular complexity index is 3800. The fourth-order valence-corrected chi connectivity index (χ4v) is 14.5. The van der Waals surface area contributed by atoms with Crippen LogP contribution in [0.5, 0.6) is 5.75 Å². The smallest absolute Gasteiger partial charge is 0.406 e. The first kappa shape index (κ1) is 88.9. The Balaban J connectivity index is 1.53. The molecular formula is C77H107ClF6N12O13. The largest absolute Gasteiger partial charge is 0.573 e. The van der Waals surface area contributed by atoms with Crippen molar-refractivity contribution in [2.75, 3.05) is 76.5 Å². The van der Waals surface area contributed by atoms with Crippen molar-refractivity contribution in [2.45, 2.75) is 211 Å². The predicted octanol–water partition coefficient (Wildman–Crippen LogP) is 7.05. The number of aryl methyl sites for hydroxylation is 2. The standard InChI is InChI=1S/C77H107ClF6N12O13/c1-18-46(6)63-72(106)90(12)48(8)67(101)96-36-33-56(96)71(105)93(15)59(40-50-27-25-45(5)26-28-50)70(104)89(11)43-61(97)85-55(32-30-49-29-31-53(54(78)39-49)76(79,80)81)68(102)92(14)58(41-51-23-22-24-52(38-51)109-77(82,83)84)66(100)87-75(34-20-21-35-75)74(108)95(17)64(47(7)19-2)73(107)94(16)60(69(103)88(9)10)42-62(98)91(13)57(37-44(3)4)65(99)86-63/h22-29,31,38-39,44,46-48,55-60,63-64H,18-21,30,32-37,40-43H2,1-17H3,(H,85,97)(H,86,99)(H,87,100)/t46-,47-,48-,55-,56-,57-,58-,59-,60-,63-,64-/m0/s1. The van der Waals surface area contributed by atoms with Gasteiger partial charge in [-0.05, 0) is 111 Å². The fourth-order valence-electron chi connectivity index (χ4n) is 14.2. The molecule has 25 nitrogen and oxygen atoms in total. The lowest BCUT2D eigenvalue weighted by atomic mass is 9.90. The zero-order valence-electron chi connectivity index (χ0n) is 65.4. The monoisotopic (exact) mass is 1560 g/mol. The number of amides is 12. The van der Waals surface area contributed by atoms with Crippen molar-refractivity contribution >= 4 is 82.5 Å². The summed E-state index contributed by atoms with van der Waals surface area (Å²) in [6, 6.07) is 1.56. The topological polar surface area (TPSA) is 279 Å². The van der Waals surface area contributed by atoms with Gasteiger partial charge in [0.25, 0.3) is 0 Å². The lowest BCUT2D eigenvalue weighted by Gasteiger charge is -2.45. The van der Waals surface area contributed by atoms with E-state index in [2.05, 4.69) is 20.7 Å². The van der Waals surface area contributed by atoms with Gasteiger partial charge in [0.2, 0.25) is 70.9 Å². The second-order valence-electron chi connectivity index (χ2n) is 30.1. The second-order valence-corrected chi connectivity index (χ2v) is 30.5. The molecule has 109 heavy (non-hydrogen) atoms. The van der Waals surface area contributed by atoms with Crippen molar-refractivity contribution in [1.29, 1.82) is 0 Å². The lowest BCUT2D eigenvalue weighted by molar-refractivity contribution is -0.274. The SMILES string of the molecule is CC[C@H](C)[C@@H]1NC(=O)[C@H](CC(C)C)N(C)C(=O)C[C@@H](C(=O)N(C)C)N(C)C(=O)[C@H]([C@@H](C)CC)N(C)C(=O)C2(CCCC2)NC(=O)[C@H](Cc2cccc(OC(F)(F)F)c2)N(C)C(=O)[C@H](CCc2ccc(C(F)(F)F)c(Cl)c2)NC(=O)CN(C)C(=O)[C@H](Cc2ccc(C)cc2)N(C)C(=O)[C@@H]2CCN2C(=O)[C@H](C)N(C)C1=O. The van der Waals surface area contributed by atoms with Gasteiger partial charge in [0.15, 0.2) is 0 Å². The van der Waals surface area contributed by atoms with Gasteiger partial charge in [-0.25, -0.2) is 0 Å². The number of carbonyl (C=O) groups excluding carboxylic acids is 12. The van der Waals surface area contributed by atoms with E-state index >= 15 is 24.0 Å². The summed E-state index contributed by atoms with van der Waals surface area (Å²) in [5.74, 6) is -12.0. The number of halogens is 7. The Morgan fingerprint density at radius 3 is 1.80 bits per heavy atom. The van der Waals surface area contributed by atoms with E-state index in [9.17, 15) is 59.9 Å². The summed E-state index contributed by atoms with van der Waals surface area (Å²) in [5, 5.41) is 7.70. The molecule has 3 aromatic carbocycles. The van der Waals surface area contributed by atoms with Crippen LogP contribution in [0.25, 0.3) is 0 Å². The molecule has 32 heteroatoms. The van der Waals surface area contributed by atoms with E-state index in [1.807, 2.05) is 20.8 Å². The molecule has 3 aromatic rings. The molecule has 0 bridgehead atoms. The molecule has 0 unspecified atom stereocenters. The Labute approximate surface area is 639 Å². The molecule has 6 rings (SSSR count). The van der Waals surface area contributed by atoms with E-state index in [1.54, 1.807) is 52.0 Å². The molecule has 3 aliphatic rings. The molecule has 12 amide bonds. The molecule has 1 aliphatic carbocycles. The first-order valence-electron chi connectivity index (χ1n) is 36.8. The lowest BCUT2D eigenvalue weighted by Crippen LogP contribution is -2.65. The van der Waals surface area contributed by atoms with Crippen LogP contribution in [0.4, 0.5) is 26.3 Å². The molecule has 3 fully saturated rings. The van der Waals surface area contributed by atoms with Crippen LogP contribution in [0.15, 0.2) is 66.7 Å². The van der Waals surface area contributed by atoms with Gasteiger partial charge in [-0.2, -0.15) is 13.2 Å². The van der Waals surface area contributed by atoms with Crippen LogP contribution in [0.3, 0.4) is 0 Å². The van der Waals surface area contributed by atoms with Crippen molar-refractivity contribution in [1.82, 2.24) is 60.0 Å². The van der Waals surface area contributed by atoms with Gasteiger partial charge in [-0.1, -0.05) is 127 Å². The van der Waals surface area contributed by atoms with Gasteiger partial charge in [-0.3, -0.25) is 57.5 Å². The summed E-state index contributed by atoms with van der Waals surface area (Å²) in [6.45, 7) is 13.1. The molecule has 2 saturated heterocycles. The van der Waals surface area contributed by atoms with Gasteiger partial charge in [0, 0.05) is 82.8 Å². The minimum absolute atomic E-state index is 0.00964. The molecule has 602 valence electrons. The normalized spacial score (nSPS) is 24.4. The van der Waals surface area contributed by atoms with Crippen LogP contribution in [0.2, 0.25) is 5.02 Å². The summed E-state index contributed by atoms with van der Waals surface area (Å²) < 4.78 is 87.7. The summed E-state index contributed by atoms with van der Waals surface area (Å²) in [4.78, 5) is 191. The summed E-state index contributed by atoms with van der Waals surface area (Å²) >= 11 is 6.17. The first-order valence-corrected chi connectivity index (χ1v) is 37.2. The highest BCUT2D eigenvalue weighted by atomic mass is 35.5. The number of rotatable bonds is 15. The summed E-state index contributed by atoms with van der Waals surface area (Å²) in [6.07, 6.45) is -10.8. The van der Waals surface area contributed by atoms with Crippen molar-refractivity contribution in [2.24, 2.45) is 17.8 Å². The van der Waals surface area contributed by atoms with Gasteiger partial charge < -0.3 is 64.8 Å². The quantitative estimate of drug-likeness (QED) is 0.129. The number of nitrogens with zero attached hydrogens (tertiary/aromatic N) is 9. The molecule has 2 aliphatic heterocycles. The van der Waals surface area contributed by atoms with Crippen LogP contribution in [-0.4, -0.2) is 258 Å². The van der Waals surface area contributed by atoms with Crippen molar-refractivity contribution < 1.29 is 88.6 Å². The maximum atomic E-state index is 15.7. The van der Waals surface area contributed by atoms with E-state index < -0.39 is 197 Å². The Morgan fingerprint density at radius 1 is 0.651 bits per heavy atom. The van der Waals surface area contributed by atoms with Crippen molar-refractivity contribution in [3.8, 4) is 5.75 Å². The zero-order chi connectivity index (χ0) is 81.8. The minimum Gasteiger partial charge on any atom is -0.406 e. The number of alkyl halides is 6. The summed E-state index contributed by atoms with van der Waals surface area (Å²) in [5.41, 5.74) is -1.46. The van der Waals surface area contributed by atoms with Crippen LogP contribution in [0, 0.1) is 24.7 Å². The van der Waals surface area contributed by atoms with E-state index in [-0.39, 0.29) is 68.5 Å². The highest BCUT2D eigenvalue weighted by molar-refractivity contribution is 6.31. The van der Waals surface area contributed by atoms with Crippen molar-refractivity contribution in [3.63, 3.8) is 0 Å². The third kappa shape index (κ3) is 22.2. The van der Waals surface area contributed by atoms with Gasteiger partial charge >= 0.3 is 12.5 Å². The van der Waals surface area contributed by atoms with Crippen molar-refractivity contribution in [3.05, 3.63) is 99.6 Å². The molecule has 0 radical (unpaired) electrons. The Hall–Kier alpha value is -9.03. The van der Waals surface area contributed by atoms with E-state index in [1.165, 1.54) is 85.2 Å². The number of nitrogens with one attached hydrogen (secondary N) is 3. The average Bonchev–Trinajstić information content (AvgIpc) is 1.74. The van der Waals surface area contributed by atoms with Gasteiger partial charge in [0.05, 0.1) is 23.6 Å². The number of fused-ring (bicyclic) bond motifs is 1. The molecule has 1 spiro atoms. The maximum Gasteiger partial charge on any atom is 0.573 e. The second kappa shape index (κ2) is 37.6. The third-order valence-corrected chi connectivity index (χ3v) is 21.9. The van der Waals surface area contributed by atoms with Crippen LogP contribution >= 0.6 is 11.6 Å². The van der Waals surface area contributed by atoms with E-state index in [0.29, 0.717) is 24.8 Å². The zero-order valence-corrected chi connectivity index (χ0v) is 66.1. The van der Waals surface area contributed by atoms with Crippen LogP contribution in [0.1, 0.15) is 140 Å². The third-order valence-electron chi connectivity index (χ3n) is 21.6. The number of ether oxygens (including phenoxy) is 1. The highest BCUT2D eigenvalue weighted by Gasteiger charge is 2.51. The molecule has 1 saturated carbocycles. The number of carbonyl (C=O) groups is 12. The molecule has 2 heterocycles. The highest BCUT2D eigenvalue weighted by Crippen LogP contribution is 2.37. The van der Waals surface area contributed by atoms with Crippen LogP contribution in [-0.2, 0) is 83.0 Å². The van der Waals surface area contributed by atoms with E-state index in [0.717, 1.165) is 77.2 Å². The number of hydrogen-bond acceptors (Lipinski definition) is 13. The Morgan fingerprint density at radius 2 is 1.25 bits per heavy atom. The molecule has 11 atom stereocenters. The van der Waals surface area contributed by atoms with Gasteiger partial charge in [0.1, 0.15) is 65.7 Å².